The first-order valence-corrected chi connectivity index (χ1v) is 10.0. The first-order chi connectivity index (χ1) is 14.8. The van der Waals surface area contributed by atoms with Gasteiger partial charge in [0.2, 0.25) is 0 Å². The summed E-state index contributed by atoms with van der Waals surface area (Å²) >= 11 is 0. The maximum Gasteiger partial charge on any atom is 0.139 e. The summed E-state index contributed by atoms with van der Waals surface area (Å²) in [6, 6.07) is 6.30. The van der Waals surface area contributed by atoms with Gasteiger partial charge in [-0.25, -0.2) is 4.98 Å². The lowest BCUT2D eigenvalue weighted by Crippen LogP contribution is -2.44. The van der Waals surface area contributed by atoms with Crippen LogP contribution in [0.25, 0.3) is 44.6 Å². The second-order valence-electron chi connectivity index (χ2n) is 7.74. The Morgan fingerprint density at radius 2 is 1.90 bits per heavy atom. The average molecular weight is 399 g/mol. The normalized spacial score (nSPS) is 15.4. The summed E-state index contributed by atoms with van der Waals surface area (Å²) in [6.45, 7) is 4.16. The summed E-state index contributed by atoms with van der Waals surface area (Å²) in [5, 5.41) is 16.7. The molecule has 0 aromatic carbocycles. The molecule has 3 N–H and O–H groups in total. The van der Waals surface area contributed by atoms with Crippen LogP contribution < -0.4 is 4.90 Å². The minimum atomic E-state index is 0.853. The molecule has 6 rings (SSSR count). The monoisotopic (exact) mass is 399 g/mol. The van der Waals surface area contributed by atoms with Crippen LogP contribution in [0.2, 0.25) is 0 Å². The van der Waals surface area contributed by atoms with E-state index in [1.165, 1.54) is 5.69 Å². The van der Waals surface area contributed by atoms with Crippen molar-refractivity contribution in [3.05, 3.63) is 43.0 Å². The number of fused-ring (bicyclic) bond motifs is 2. The molecule has 0 saturated carbocycles. The Labute approximate surface area is 172 Å². The van der Waals surface area contributed by atoms with Crippen LogP contribution in [0.3, 0.4) is 0 Å². The number of piperazine rings is 1. The van der Waals surface area contributed by atoms with Crippen LogP contribution in [0, 0.1) is 0 Å². The number of likely N-dealkylation sites (N-methyl/N-ethyl adjacent to an activating group) is 1. The summed E-state index contributed by atoms with van der Waals surface area (Å²) in [6.07, 6.45) is 7.29. The van der Waals surface area contributed by atoms with Crippen LogP contribution in [0.4, 0.5) is 5.69 Å². The summed E-state index contributed by atoms with van der Waals surface area (Å²) in [7, 11) is 2.17. The molecule has 0 radical (unpaired) electrons. The predicted molar refractivity (Wildman–Crippen MR) is 116 cm³/mol. The highest BCUT2D eigenvalue weighted by molar-refractivity contribution is 5.99. The van der Waals surface area contributed by atoms with Crippen LogP contribution in [-0.2, 0) is 0 Å². The van der Waals surface area contributed by atoms with E-state index in [9.17, 15) is 0 Å². The number of rotatable bonds is 3. The number of aromatic nitrogens is 7. The van der Waals surface area contributed by atoms with Crippen molar-refractivity contribution in [3.63, 3.8) is 0 Å². The van der Waals surface area contributed by atoms with Gasteiger partial charge in [0.1, 0.15) is 11.3 Å². The molecule has 150 valence electrons. The van der Waals surface area contributed by atoms with Crippen LogP contribution in [0.5, 0.6) is 0 Å². The Kier molecular flexibility index (Phi) is 3.81. The van der Waals surface area contributed by atoms with Crippen molar-refractivity contribution in [3.8, 4) is 22.6 Å². The van der Waals surface area contributed by atoms with Gasteiger partial charge in [0, 0.05) is 60.6 Å². The molecule has 5 aromatic rings. The van der Waals surface area contributed by atoms with Crippen LogP contribution in [0.1, 0.15) is 0 Å². The third-order valence-corrected chi connectivity index (χ3v) is 5.85. The minimum absolute atomic E-state index is 0.853. The van der Waals surface area contributed by atoms with Gasteiger partial charge in [-0.05, 0) is 25.2 Å². The lowest BCUT2D eigenvalue weighted by atomic mass is 10.1. The fourth-order valence-electron chi connectivity index (χ4n) is 4.13. The van der Waals surface area contributed by atoms with Gasteiger partial charge in [-0.1, -0.05) is 0 Å². The van der Waals surface area contributed by atoms with Crippen LogP contribution in [-0.4, -0.2) is 73.5 Å². The van der Waals surface area contributed by atoms with E-state index >= 15 is 0 Å². The molecule has 1 aliphatic heterocycles. The number of anilines is 1. The Morgan fingerprint density at radius 3 is 2.73 bits per heavy atom. The van der Waals surface area contributed by atoms with E-state index < -0.39 is 0 Å². The van der Waals surface area contributed by atoms with E-state index in [0.717, 1.165) is 70.8 Å². The van der Waals surface area contributed by atoms with Crippen molar-refractivity contribution in [2.75, 3.05) is 38.1 Å². The highest BCUT2D eigenvalue weighted by Gasteiger charge is 2.19. The standard InChI is InChI=1S/C21H21N9/c1-29-4-6-30(7-5-29)19-2-3-22-21-15(19)9-17(26-21)20-14-8-16(13-10-24-25-11-13)23-12-18(14)27-28-20/h2-3,8-12H,4-7H2,1H3,(H,22,26)(H,24,25)(H,27,28). The zero-order valence-electron chi connectivity index (χ0n) is 16.6. The van der Waals surface area contributed by atoms with Gasteiger partial charge in [-0.15, -0.1) is 0 Å². The van der Waals surface area contributed by atoms with Crippen molar-refractivity contribution in [2.45, 2.75) is 0 Å². The molecule has 1 saturated heterocycles. The van der Waals surface area contributed by atoms with E-state index in [-0.39, 0.29) is 0 Å². The number of hydrogen-bond donors (Lipinski definition) is 3. The summed E-state index contributed by atoms with van der Waals surface area (Å²) < 4.78 is 0. The fourth-order valence-corrected chi connectivity index (χ4v) is 4.13. The Hall–Kier alpha value is -3.72. The topological polar surface area (TPSA) is 105 Å². The quantitative estimate of drug-likeness (QED) is 0.431. The number of pyridine rings is 2. The average Bonchev–Trinajstić information content (AvgIpc) is 3.52. The molecule has 0 spiro atoms. The van der Waals surface area contributed by atoms with Gasteiger partial charge in [-0.3, -0.25) is 15.2 Å². The summed E-state index contributed by atoms with van der Waals surface area (Å²) in [5.74, 6) is 0. The number of aromatic amines is 3. The molecule has 0 amide bonds. The molecule has 9 heteroatoms. The molecule has 6 heterocycles. The molecular formula is C21H21N9. The minimum Gasteiger partial charge on any atom is -0.368 e. The Bertz CT molecular complexity index is 1320. The smallest absolute Gasteiger partial charge is 0.139 e. The molecule has 1 fully saturated rings. The van der Waals surface area contributed by atoms with Crippen molar-refractivity contribution < 1.29 is 0 Å². The summed E-state index contributed by atoms with van der Waals surface area (Å²) in [5.41, 5.74) is 6.58. The molecule has 9 nitrogen and oxygen atoms in total. The van der Waals surface area contributed by atoms with E-state index in [2.05, 4.69) is 64.3 Å². The summed E-state index contributed by atoms with van der Waals surface area (Å²) in [4.78, 5) is 17.3. The fraction of sp³-hybridized carbons (Fsp3) is 0.238. The second-order valence-corrected chi connectivity index (χ2v) is 7.74. The van der Waals surface area contributed by atoms with E-state index in [1.54, 1.807) is 6.20 Å². The first-order valence-electron chi connectivity index (χ1n) is 10.0. The molecular weight excluding hydrogens is 378 g/mol. The van der Waals surface area contributed by atoms with E-state index in [4.69, 9.17) is 0 Å². The zero-order chi connectivity index (χ0) is 20.1. The SMILES string of the molecule is CN1CCN(c2ccnc3[nH]c(-c4n[nH]c5cnc(-c6cn[nH]c6)cc45)cc23)CC1. The molecule has 0 atom stereocenters. The lowest BCUT2D eigenvalue weighted by molar-refractivity contribution is 0.313. The Balaban J connectivity index is 1.45. The maximum absolute atomic E-state index is 4.57. The Morgan fingerprint density at radius 1 is 1.00 bits per heavy atom. The number of H-pyrrole nitrogens is 3. The van der Waals surface area contributed by atoms with Gasteiger partial charge in [0.05, 0.1) is 29.3 Å². The first kappa shape index (κ1) is 17.2. The largest absolute Gasteiger partial charge is 0.368 e. The molecule has 1 aliphatic rings. The second kappa shape index (κ2) is 6.67. The molecule has 5 aromatic heterocycles. The van der Waals surface area contributed by atoms with Crippen molar-refractivity contribution >= 4 is 27.6 Å². The van der Waals surface area contributed by atoms with Crippen molar-refractivity contribution in [1.29, 1.82) is 0 Å². The molecule has 30 heavy (non-hydrogen) atoms. The van der Waals surface area contributed by atoms with Crippen molar-refractivity contribution in [2.24, 2.45) is 0 Å². The third kappa shape index (κ3) is 2.74. The molecule has 0 aliphatic carbocycles. The van der Waals surface area contributed by atoms with E-state index in [0.29, 0.717) is 0 Å². The van der Waals surface area contributed by atoms with Gasteiger partial charge in [-0.2, -0.15) is 10.2 Å². The number of nitrogens with one attached hydrogen (secondary N) is 3. The number of hydrogen-bond acceptors (Lipinski definition) is 6. The third-order valence-electron chi connectivity index (χ3n) is 5.85. The van der Waals surface area contributed by atoms with Gasteiger partial charge in [0.15, 0.2) is 0 Å². The maximum atomic E-state index is 4.57. The predicted octanol–water partition coefficient (Wildman–Crippen LogP) is 2.64. The molecule has 0 bridgehead atoms. The van der Waals surface area contributed by atoms with Crippen LogP contribution >= 0.6 is 0 Å². The molecule has 0 unspecified atom stereocenters. The van der Waals surface area contributed by atoms with Crippen LogP contribution in [0.15, 0.2) is 43.0 Å². The van der Waals surface area contributed by atoms with Gasteiger partial charge >= 0.3 is 0 Å². The highest BCUT2D eigenvalue weighted by Crippen LogP contribution is 2.33. The van der Waals surface area contributed by atoms with Gasteiger partial charge in [0.25, 0.3) is 0 Å². The van der Waals surface area contributed by atoms with E-state index in [1.807, 2.05) is 24.7 Å². The lowest BCUT2D eigenvalue weighted by Gasteiger charge is -2.34. The van der Waals surface area contributed by atoms with Crippen molar-refractivity contribution in [1.82, 2.24) is 40.2 Å². The van der Waals surface area contributed by atoms with Gasteiger partial charge < -0.3 is 14.8 Å². The highest BCUT2D eigenvalue weighted by atomic mass is 15.2. The number of nitrogens with zero attached hydrogens (tertiary/aromatic N) is 6. The zero-order valence-corrected chi connectivity index (χ0v) is 16.6.